The maximum absolute atomic E-state index is 12.3. The van der Waals surface area contributed by atoms with Crippen molar-refractivity contribution in [1.82, 2.24) is 9.13 Å². The molecule has 0 amide bonds. The molecule has 0 aliphatic rings. The fourth-order valence-electron chi connectivity index (χ4n) is 1.94. The number of aromatic nitrogens is 2. The molecule has 2 unspecified atom stereocenters. The Balaban J connectivity index is 3.34. The van der Waals surface area contributed by atoms with Crippen molar-refractivity contribution in [3.63, 3.8) is 0 Å². The molecule has 1 rings (SSSR count). The summed E-state index contributed by atoms with van der Waals surface area (Å²) in [7, 11) is 0. The molecule has 1 aromatic rings. The van der Waals surface area contributed by atoms with Crippen molar-refractivity contribution in [3.8, 4) is 12.3 Å². The number of rotatable bonds is 7. The SMILES string of the molecule is C#CCn1c(=O)c(C)cn(C(CC(C)O)OCCO)c1=O. The van der Waals surface area contributed by atoms with Crippen LogP contribution < -0.4 is 11.2 Å². The van der Waals surface area contributed by atoms with Crippen molar-refractivity contribution in [3.05, 3.63) is 32.6 Å². The van der Waals surface area contributed by atoms with Gasteiger partial charge < -0.3 is 14.9 Å². The maximum Gasteiger partial charge on any atom is 0.333 e. The summed E-state index contributed by atoms with van der Waals surface area (Å²) in [5.41, 5.74) is -0.715. The van der Waals surface area contributed by atoms with Crippen LogP contribution in [0, 0.1) is 19.3 Å². The molecule has 0 saturated heterocycles. The van der Waals surface area contributed by atoms with Gasteiger partial charge in [-0.25, -0.2) is 9.36 Å². The largest absolute Gasteiger partial charge is 0.394 e. The second-order valence-electron chi connectivity index (χ2n) is 4.73. The third-order valence-corrected chi connectivity index (χ3v) is 2.87. The van der Waals surface area contributed by atoms with Gasteiger partial charge in [-0.15, -0.1) is 6.42 Å². The minimum atomic E-state index is -0.784. The van der Waals surface area contributed by atoms with E-state index in [-0.39, 0.29) is 26.2 Å². The van der Waals surface area contributed by atoms with E-state index in [1.807, 2.05) is 0 Å². The van der Waals surface area contributed by atoms with Crippen LogP contribution in [0.5, 0.6) is 0 Å². The minimum Gasteiger partial charge on any atom is -0.394 e. The predicted octanol–water partition coefficient (Wildman–Crippen LogP) is -0.770. The van der Waals surface area contributed by atoms with E-state index >= 15 is 0 Å². The molecule has 0 bridgehead atoms. The third-order valence-electron chi connectivity index (χ3n) is 2.87. The van der Waals surface area contributed by atoms with Gasteiger partial charge in [-0.3, -0.25) is 9.36 Å². The molecule has 0 saturated carbocycles. The second-order valence-corrected chi connectivity index (χ2v) is 4.73. The number of hydrogen-bond acceptors (Lipinski definition) is 5. The number of hydrogen-bond donors (Lipinski definition) is 2. The molecular weight excluding hydrogens is 276 g/mol. The van der Waals surface area contributed by atoms with Gasteiger partial charge in [-0.1, -0.05) is 5.92 Å². The highest BCUT2D eigenvalue weighted by Crippen LogP contribution is 2.13. The van der Waals surface area contributed by atoms with Crippen LogP contribution in [-0.2, 0) is 11.3 Å². The smallest absolute Gasteiger partial charge is 0.333 e. The van der Waals surface area contributed by atoms with Gasteiger partial charge >= 0.3 is 5.69 Å². The second kappa shape index (κ2) is 7.78. The number of nitrogens with zero attached hydrogens (tertiary/aromatic N) is 2. The van der Waals surface area contributed by atoms with Crippen molar-refractivity contribution < 1.29 is 14.9 Å². The Kier molecular flexibility index (Phi) is 6.37. The summed E-state index contributed by atoms with van der Waals surface area (Å²) in [6.45, 7) is 2.79. The molecule has 0 aliphatic carbocycles. The summed E-state index contributed by atoms with van der Waals surface area (Å²) in [5.74, 6) is 2.26. The first kappa shape index (κ1) is 17.2. The molecule has 2 atom stereocenters. The van der Waals surface area contributed by atoms with Crippen LogP contribution in [0.2, 0.25) is 0 Å². The van der Waals surface area contributed by atoms with Crippen molar-refractivity contribution in [2.75, 3.05) is 13.2 Å². The van der Waals surface area contributed by atoms with Crippen LogP contribution in [0.4, 0.5) is 0 Å². The number of aryl methyl sites for hydroxylation is 1. The lowest BCUT2D eigenvalue weighted by atomic mass is 10.2. The fraction of sp³-hybridized carbons (Fsp3) is 0.571. The van der Waals surface area contributed by atoms with Gasteiger partial charge in [0.2, 0.25) is 0 Å². The Morgan fingerprint density at radius 2 is 2.14 bits per heavy atom. The molecule has 21 heavy (non-hydrogen) atoms. The van der Waals surface area contributed by atoms with E-state index in [1.54, 1.807) is 13.8 Å². The lowest BCUT2D eigenvalue weighted by Gasteiger charge is -2.22. The molecule has 1 heterocycles. The highest BCUT2D eigenvalue weighted by Gasteiger charge is 2.19. The minimum absolute atomic E-state index is 0.0111. The number of terminal acetylenes is 1. The summed E-state index contributed by atoms with van der Waals surface area (Å²) in [4.78, 5) is 24.2. The molecule has 1 aromatic heterocycles. The lowest BCUT2D eigenvalue weighted by molar-refractivity contribution is -0.0434. The van der Waals surface area contributed by atoms with Gasteiger partial charge in [-0.05, 0) is 13.8 Å². The Labute approximate surface area is 122 Å². The maximum atomic E-state index is 12.3. The third kappa shape index (κ3) is 4.29. The zero-order valence-corrected chi connectivity index (χ0v) is 12.2. The predicted molar refractivity (Wildman–Crippen MR) is 76.9 cm³/mol. The fourth-order valence-corrected chi connectivity index (χ4v) is 1.94. The molecule has 116 valence electrons. The lowest BCUT2D eigenvalue weighted by Crippen LogP contribution is -2.43. The van der Waals surface area contributed by atoms with E-state index in [4.69, 9.17) is 16.3 Å². The summed E-state index contributed by atoms with van der Waals surface area (Å²) in [5, 5.41) is 18.4. The van der Waals surface area contributed by atoms with Gasteiger partial charge in [0.05, 0.1) is 25.9 Å². The molecule has 2 N–H and O–H groups in total. The number of ether oxygens (including phenoxy) is 1. The van der Waals surface area contributed by atoms with Crippen LogP contribution in [0.3, 0.4) is 0 Å². The van der Waals surface area contributed by atoms with Gasteiger partial charge in [0.1, 0.15) is 6.23 Å². The summed E-state index contributed by atoms with van der Waals surface area (Å²) >= 11 is 0. The average Bonchev–Trinajstić information content (AvgIpc) is 2.43. The van der Waals surface area contributed by atoms with E-state index in [9.17, 15) is 14.7 Å². The standard InChI is InChI=1S/C14H20N2O5/c1-4-5-15-13(19)10(2)9-16(14(15)20)12(8-11(3)18)21-7-6-17/h1,9,11-12,17-18H,5-8H2,2-3H3. The first-order chi connectivity index (χ1) is 9.92. The van der Waals surface area contributed by atoms with E-state index in [2.05, 4.69) is 5.92 Å². The Morgan fingerprint density at radius 3 is 2.67 bits per heavy atom. The molecule has 0 fully saturated rings. The van der Waals surface area contributed by atoms with Gasteiger partial charge in [-0.2, -0.15) is 0 Å². The Morgan fingerprint density at radius 1 is 1.48 bits per heavy atom. The highest BCUT2D eigenvalue weighted by atomic mass is 16.5. The number of aliphatic hydroxyl groups is 2. The average molecular weight is 296 g/mol. The molecule has 7 heteroatoms. The van der Waals surface area contributed by atoms with Crippen molar-refractivity contribution in [1.29, 1.82) is 0 Å². The first-order valence-electron chi connectivity index (χ1n) is 6.59. The van der Waals surface area contributed by atoms with E-state index in [1.165, 1.54) is 10.8 Å². The Hall–Kier alpha value is -1.88. The quantitative estimate of drug-likeness (QED) is 0.644. The van der Waals surface area contributed by atoms with E-state index < -0.39 is 23.6 Å². The van der Waals surface area contributed by atoms with Gasteiger partial charge in [0.25, 0.3) is 5.56 Å². The number of aliphatic hydroxyl groups excluding tert-OH is 2. The summed E-state index contributed by atoms with van der Waals surface area (Å²) in [6.07, 6.45) is 5.20. The first-order valence-corrected chi connectivity index (χ1v) is 6.59. The van der Waals surface area contributed by atoms with Crippen LogP contribution in [0.1, 0.15) is 25.1 Å². The summed E-state index contributed by atoms with van der Waals surface area (Å²) < 4.78 is 7.54. The highest BCUT2D eigenvalue weighted by molar-refractivity contribution is 5.05. The normalized spacial score (nSPS) is 13.7. The van der Waals surface area contributed by atoms with E-state index in [0.717, 1.165) is 4.57 Å². The molecular formula is C14H20N2O5. The van der Waals surface area contributed by atoms with Crippen LogP contribution in [0.25, 0.3) is 0 Å². The zero-order valence-electron chi connectivity index (χ0n) is 12.2. The molecule has 0 aromatic carbocycles. The van der Waals surface area contributed by atoms with E-state index in [0.29, 0.717) is 5.56 Å². The van der Waals surface area contributed by atoms with Crippen molar-refractivity contribution >= 4 is 0 Å². The van der Waals surface area contributed by atoms with Crippen LogP contribution >= 0.6 is 0 Å². The molecule has 0 spiro atoms. The van der Waals surface area contributed by atoms with Gasteiger partial charge in [0, 0.05) is 18.2 Å². The molecule has 0 radical (unpaired) electrons. The van der Waals surface area contributed by atoms with Crippen LogP contribution in [0.15, 0.2) is 15.8 Å². The zero-order chi connectivity index (χ0) is 16.0. The molecule has 7 nitrogen and oxygen atoms in total. The monoisotopic (exact) mass is 296 g/mol. The topological polar surface area (TPSA) is 93.7 Å². The van der Waals surface area contributed by atoms with Crippen molar-refractivity contribution in [2.24, 2.45) is 0 Å². The van der Waals surface area contributed by atoms with Crippen LogP contribution in [-0.4, -0.2) is 38.7 Å². The Bertz CT molecular complexity index is 624. The van der Waals surface area contributed by atoms with Gasteiger partial charge in [0.15, 0.2) is 0 Å². The molecule has 0 aliphatic heterocycles. The van der Waals surface area contributed by atoms with Crippen molar-refractivity contribution in [2.45, 2.75) is 39.1 Å². The summed E-state index contributed by atoms with van der Waals surface area (Å²) in [6, 6.07) is 0.